The summed E-state index contributed by atoms with van der Waals surface area (Å²) in [6.45, 7) is 5.30. The number of fused-ring (bicyclic) bond motifs is 4. The SMILES string of the molecule is CC1=N[C@]2(C)[C@@](C)(O1)O[C@]21C(=O)NC(=O)c2ccccc21. The smallest absolute Gasteiger partial charge is 0.266 e. The number of amides is 2. The van der Waals surface area contributed by atoms with E-state index < -0.39 is 28.7 Å². The van der Waals surface area contributed by atoms with Crippen molar-refractivity contribution < 1.29 is 19.1 Å². The van der Waals surface area contributed by atoms with Crippen LogP contribution in [0, 0.1) is 0 Å². The van der Waals surface area contributed by atoms with Crippen LogP contribution in [0.2, 0.25) is 0 Å². The van der Waals surface area contributed by atoms with Crippen LogP contribution in [-0.2, 0) is 19.9 Å². The Morgan fingerprint density at radius 1 is 1.19 bits per heavy atom. The van der Waals surface area contributed by atoms with Gasteiger partial charge >= 0.3 is 0 Å². The minimum absolute atomic E-state index is 0.415. The van der Waals surface area contributed by atoms with E-state index in [0.717, 1.165) is 0 Å². The molecule has 1 aromatic carbocycles. The summed E-state index contributed by atoms with van der Waals surface area (Å²) in [5, 5.41) is 2.37. The van der Waals surface area contributed by atoms with Crippen molar-refractivity contribution in [1.29, 1.82) is 0 Å². The highest BCUT2D eigenvalue weighted by molar-refractivity contribution is 6.14. The lowest BCUT2D eigenvalue weighted by Crippen LogP contribution is -2.81. The number of rotatable bonds is 0. The summed E-state index contributed by atoms with van der Waals surface area (Å²) in [7, 11) is 0. The fraction of sp³-hybridized carbons (Fsp3) is 0.400. The normalized spacial score (nSPS) is 39.9. The number of benzene rings is 1. The third-order valence-corrected chi connectivity index (χ3v) is 4.74. The molecule has 0 saturated carbocycles. The van der Waals surface area contributed by atoms with E-state index in [1.807, 2.05) is 6.92 Å². The maximum Gasteiger partial charge on any atom is 0.266 e. The molecule has 3 heterocycles. The molecule has 0 unspecified atom stereocenters. The maximum atomic E-state index is 12.6. The summed E-state index contributed by atoms with van der Waals surface area (Å²) in [5.74, 6) is -1.43. The maximum absolute atomic E-state index is 12.6. The van der Waals surface area contributed by atoms with Gasteiger partial charge in [0, 0.05) is 25.0 Å². The lowest BCUT2D eigenvalue weighted by atomic mass is 9.63. The van der Waals surface area contributed by atoms with Gasteiger partial charge in [0.25, 0.3) is 11.8 Å². The van der Waals surface area contributed by atoms with Crippen molar-refractivity contribution in [3.8, 4) is 0 Å². The van der Waals surface area contributed by atoms with Gasteiger partial charge in [-0.1, -0.05) is 18.2 Å². The van der Waals surface area contributed by atoms with Gasteiger partial charge in [-0.05, 0) is 13.0 Å². The van der Waals surface area contributed by atoms with Gasteiger partial charge in [-0.2, -0.15) is 0 Å². The molecule has 4 rings (SSSR count). The second-order valence-electron chi connectivity index (χ2n) is 5.86. The zero-order chi connectivity index (χ0) is 15.0. The number of nitrogens with zero attached hydrogens (tertiary/aromatic N) is 1. The first-order valence-electron chi connectivity index (χ1n) is 6.75. The van der Waals surface area contributed by atoms with Crippen LogP contribution in [0.15, 0.2) is 29.3 Å². The number of hydrogen-bond acceptors (Lipinski definition) is 5. The number of carbonyl (C=O) groups is 2. The van der Waals surface area contributed by atoms with Crippen LogP contribution in [-0.4, -0.2) is 29.0 Å². The molecule has 6 heteroatoms. The van der Waals surface area contributed by atoms with E-state index in [9.17, 15) is 9.59 Å². The van der Waals surface area contributed by atoms with Gasteiger partial charge in [0.2, 0.25) is 11.4 Å². The predicted octanol–water partition coefficient (Wildman–Crippen LogP) is 1.11. The van der Waals surface area contributed by atoms with Gasteiger partial charge < -0.3 is 9.47 Å². The Kier molecular flexibility index (Phi) is 1.99. The molecular weight excluding hydrogens is 272 g/mol. The first-order valence-corrected chi connectivity index (χ1v) is 6.75. The average molecular weight is 286 g/mol. The molecule has 1 aromatic rings. The van der Waals surface area contributed by atoms with E-state index in [1.165, 1.54) is 0 Å². The Labute approximate surface area is 121 Å². The van der Waals surface area contributed by atoms with Crippen LogP contribution in [0.4, 0.5) is 0 Å². The standard InChI is InChI=1S/C15H14N2O4/c1-8-17-13(2)14(3,20-8)21-15(13)10-7-5-4-6-9(10)11(18)16-12(15)19/h4-7H,1-3H3,(H,16,18,19)/t13-,14+,15-/m1/s1. The van der Waals surface area contributed by atoms with Crippen molar-refractivity contribution >= 4 is 17.7 Å². The number of aliphatic imine (C=N–C) groups is 1. The summed E-state index contributed by atoms with van der Waals surface area (Å²) < 4.78 is 11.6. The third kappa shape index (κ3) is 1.13. The van der Waals surface area contributed by atoms with Crippen molar-refractivity contribution in [2.75, 3.05) is 0 Å². The van der Waals surface area contributed by atoms with E-state index in [1.54, 1.807) is 38.1 Å². The Hall–Kier alpha value is -2.21. The zero-order valence-corrected chi connectivity index (χ0v) is 11.9. The molecule has 1 saturated heterocycles. The quantitative estimate of drug-likeness (QED) is 0.725. The lowest BCUT2D eigenvalue weighted by Gasteiger charge is -2.61. The Bertz CT molecular complexity index is 743. The van der Waals surface area contributed by atoms with Gasteiger partial charge in [0.15, 0.2) is 11.4 Å². The van der Waals surface area contributed by atoms with E-state index >= 15 is 0 Å². The molecule has 21 heavy (non-hydrogen) atoms. The fourth-order valence-electron chi connectivity index (χ4n) is 3.64. The van der Waals surface area contributed by atoms with Crippen molar-refractivity contribution in [3.05, 3.63) is 35.4 Å². The van der Waals surface area contributed by atoms with Crippen molar-refractivity contribution in [3.63, 3.8) is 0 Å². The van der Waals surface area contributed by atoms with Gasteiger partial charge in [-0.15, -0.1) is 0 Å². The van der Waals surface area contributed by atoms with Crippen LogP contribution < -0.4 is 5.32 Å². The number of nitrogens with one attached hydrogen (secondary N) is 1. The second kappa shape index (κ2) is 3.33. The highest BCUT2D eigenvalue weighted by atomic mass is 16.8. The molecule has 0 radical (unpaired) electrons. The number of hydrogen-bond donors (Lipinski definition) is 1. The molecule has 3 aliphatic heterocycles. The third-order valence-electron chi connectivity index (χ3n) is 4.74. The molecular formula is C15H14N2O4. The van der Waals surface area contributed by atoms with Gasteiger partial charge in [-0.25, -0.2) is 4.99 Å². The molecule has 0 bridgehead atoms. The molecule has 3 atom stereocenters. The van der Waals surface area contributed by atoms with Gasteiger partial charge in [0.1, 0.15) is 0 Å². The Morgan fingerprint density at radius 3 is 2.62 bits per heavy atom. The molecule has 0 aromatic heterocycles. The minimum Gasteiger partial charge on any atom is -0.447 e. The molecule has 2 amide bonds. The number of imide groups is 1. The average Bonchev–Trinajstić information content (AvgIpc) is 2.60. The van der Waals surface area contributed by atoms with Gasteiger partial charge in [0.05, 0.1) is 0 Å². The van der Waals surface area contributed by atoms with E-state index in [4.69, 9.17) is 9.47 Å². The van der Waals surface area contributed by atoms with Gasteiger partial charge in [-0.3, -0.25) is 14.9 Å². The number of carbonyl (C=O) groups excluding carboxylic acids is 2. The second-order valence-corrected chi connectivity index (χ2v) is 5.86. The van der Waals surface area contributed by atoms with Crippen LogP contribution in [0.5, 0.6) is 0 Å². The first kappa shape index (κ1) is 12.5. The van der Waals surface area contributed by atoms with Crippen molar-refractivity contribution in [1.82, 2.24) is 5.32 Å². The topological polar surface area (TPSA) is 77.0 Å². The van der Waals surface area contributed by atoms with Crippen LogP contribution in [0.25, 0.3) is 0 Å². The lowest BCUT2D eigenvalue weighted by molar-refractivity contribution is -0.380. The molecule has 1 fully saturated rings. The van der Waals surface area contributed by atoms with E-state index in [-0.39, 0.29) is 0 Å². The molecule has 3 aliphatic rings. The molecule has 6 nitrogen and oxygen atoms in total. The fourth-order valence-corrected chi connectivity index (χ4v) is 3.64. The predicted molar refractivity (Wildman–Crippen MR) is 72.7 cm³/mol. The first-order chi connectivity index (χ1) is 9.84. The molecule has 108 valence electrons. The summed E-state index contributed by atoms with van der Waals surface area (Å²) in [4.78, 5) is 29.1. The highest BCUT2D eigenvalue weighted by Gasteiger charge is 2.81. The summed E-state index contributed by atoms with van der Waals surface area (Å²) in [6.07, 6.45) is 0. The Balaban J connectivity index is 2.00. The monoisotopic (exact) mass is 286 g/mol. The molecule has 0 aliphatic carbocycles. The Morgan fingerprint density at radius 2 is 1.90 bits per heavy atom. The van der Waals surface area contributed by atoms with Crippen LogP contribution in [0.1, 0.15) is 36.7 Å². The summed E-state index contributed by atoms with van der Waals surface area (Å²) in [6, 6.07) is 6.94. The van der Waals surface area contributed by atoms with Crippen LogP contribution >= 0.6 is 0 Å². The zero-order valence-electron chi connectivity index (χ0n) is 11.9. The van der Waals surface area contributed by atoms with E-state index in [2.05, 4.69) is 10.3 Å². The largest absolute Gasteiger partial charge is 0.447 e. The van der Waals surface area contributed by atoms with Crippen LogP contribution in [0.3, 0.4) is 0 Å². The minimum atomic E-state index is -1.33. The summed E-state index contributed by atoms with van der Waals surface area (Å²) in [5.41, 5.74) is -1.27. The van der Waals surface area contributed by atoms with E-state index in [0.29, 0.717) is 17.0 Å². The molecule has 1 spiro atoms. The number of ether oxygens (including phenoxy) is 2. The molecule has 1 N–H and O–H groups in total. The van der Waals surface area contributed by atoms with Crippen molar-refractivity contribution in [2.45, 2.75) is 37.7 Å². The summed E-state index contributed by atoms with van der Waals surface area (Å²) >= 11 is 0. The highest BCUT2D eigenvalue weighted by Crippen LogP contribution is 2.62. The van der Waals surface area contributed by atoms with Crippen molar-refractivity contribution in [2.24, 2.45) is 4.99 Å².